The van der Waals surface area contributed by atoms with Crippen molar-refractivity contribution < 1.29 is 91.6 Å². The van der Waals surface area contributed by atoms with E-state index in [9.17, 15) is 19.8 Å². The molecule has 4 aromatic heterocycles. The zero-order chi connectivity index (χ0) is 19.9. The van der Waals surface area contributed by atoms with Crippen molar-refractivity contribution in [2.24, 2.45) is 0 Å². The maximum atomic E-state index is 10.4. The third-order valence-electron chi connectivity index (χ3n) is 3.09. The number of pyridine rings is 2. The molecule has 0 saturated heterocycles. The molecule has 4 aromatic rings. The predicted octanol–water partition coefficient (Wildman–Crippen LogP) is -9.03. The number of carbonyl (C=O) groups is 2. The summed E-state index contributed by atoms with van der Waals surface area (Å²) in [6, 6.07) is 5.63. The van der Waals surface area contributed by atoms with Gasteiger partial charge in [0.05, 0.1) is 35.0 Å². The number of nitrogens with zero attached hydrogens (tertiary/aromatic N) is 10. The molecule has 20 nitrogen and oxygen atoms in total. The van der Waals surface area contributed by atoms with Crippen LogP contribution in [0.1, 0.15) is 20.7 Å². The van der Waals surface area contributed by atoms with Gasteiger partial charge in [-0.25, -0.2) is 0 Å². The average molecular weight is 623 g/mol. The summed E-state index contributed by atoms with van der Waals surface area (Å²) in [4.78, 5) is 28.4. The molecule has 0 unspecified atom stereocenters. The quantitative estimate of drug-likeness (QED) is 0.150. The van der Waals surface area contributed by atoms with E-state index in [2.05, 4.69) is 51.2 Å². The number of aromatic carboxylic acids is 2. The van der Waals surface area contributed by atoms with Crippen molar-refractivity contribution in [3.63, 3.8) is 0 Å². The van der Waals surface area contributed by atoms with Gasteiger partial charge in [0, 0.05) is 23.5 Å². The van der Waals surface area contributed by atoms with Crippen molar-refractivity contribution in [1.29, 1.82) is 0 Å². The molecule has 4 rings (SSSR count). The first-order valence-electron chi connectivity index (χ1n) is 7.27. The number of hydrogen-bond acceptors (Lipinski definition) is 12. The van der Waals surface area contributed by atoms with E-state index in [1.54, 1.807) is 0 Å². The first-order chi connectivity index (χ1) is 13.5. The second kappa shape index (κ2) is 21.9. The molecule has 4 heterocycles. The maximum absolute atomic E-state index is 10.4. The SMILES string of the molecule is O=C([O-])c1ccc(-c2nnn[n-]2)nc1.O=C([O-])c1ccc(-c2nnn[n-]2)nc1.[OH3+].[OH3+].[OH3+].[OH3+].[OH3+].[OH3+].[Zn+2].[Zn+2]. The van der Waals surface area contributed by atoms with Gasteiger partial charge < -0.3 is 62.9 Å². The minimum absolute atomic E-state index is 0. The third-order valence-corrected chi connectivity index (χ3v) is 3.09. The van der Waals surface area contributed by atoms with Gasteiger partial charge in [0.25, 0.3) is 0 Å². The number of carboxylic acids is 2. The first kappa shape index (κ1) is 45.8. The summed E-state index contributed by atoms with van der Waals surface area (Å²) < 4.78 is 0. The van der Waals surface area contributed by atoms with Gasteiger partial charge >= 0.3 is 39.0 Å². The van der Waals surface area contributed by atoms with Crippen LogP contribution in [0.5, 0.6) is 0 Å². The van der Waals surface area contributed by atoms with Crippen molar-refractivity contribution in [2.45, 2.75) is 0 Å². The normalized spacial score (nSPS) is 7.78. The molecule has 188 valence electrons. The van der Waals surface area contributed by atoms with Crippen molar-refractivity contribution in [1.82, 2.24) is 51.2 Å². The largest absolute Gasteiger partial charge is 2.00 e. The Kier molecular flexibility index (Phi) is 27.9. The van der Waals surface area contributed by atoms with Gasteiger partial charge in [-0.3, -0.25) is 30.6 Å². The van der Waals surface area contributed by atoms with Gasteiger partial charge in [-0.2, -0.15) is 10.4 Å². The average Bonchev–Trinajstić information content (AvgIpc) is 3.43. The van der Waals surface area contributed by atoms with Crippen LogP contribution in [0.4, 0.5) is 0 Å². The summed E-state index contributed by atoms with van der Waals surface area (Å²) in [5.41, 5.74) is 0.836. The molecule has 0 saturated carbocycles. The van der Waals surface area contributed by atoms with Gasteiger partial charge in [-0.05, 0) is 24.3 Å². The number of tetrazole rings is 2. The molecule has 0 aliphatic carbocycles. The van der Waals surface area contributed by atoms with E-state index in [0.29, 0.717) is 11.4 Å². The molecule has 0 aliphatic heterocycles. The van der Waals surface area contributed by atoms with E-state index >= 15 is 0 Å². The van der Waals surface area contributed by atoms with Gasteiger partial charge in [-0.1, -0.05) is 0 Å². The Hall–Kier alpha value is -3.61. The van der Waals surface area contributed by atoms with E-state index < -0.39 is 11.9 Å². The minimum atomic E-state index is -1.27. The van der Waals surface area contributed by atoms with E-state index in [-0.39, 0.29) is 94.6 Å². The van der Waals surface area contributed by atoms with E-state index in [1.165, 1.54) is 36.7 Å². The van der Waals surface area contributed by atoms with Crippen LogP contribution in [0.2, 0.25) is 0 Å². The minimum Gasteiger partial charge on any atom is -0.545 e. The first-order valence-corrected chi connectivity index (χ1v) is 7.27. The summed E-state index contributed by atoms with van der Waals surface area (Å²) >= 11 is 0. The molecule has 0 aromatic carbocycles. The molecular weight excluding hydrogens is 599 g/mol. The van der Waals surface area contributed by atoms with Gasteiger partial charge in [0.15, 0.2) is 0 Å². The number of carbonyl (C=O) groups excluding carboxylic acids is 2. The van der Waals surface area contributed by atoms with Crippen molar-refractivity contribution in [2.75, 3.05) is 0 Å². The number of rotatable bonds is 4. The van der Waals surface area contributed by atoms with E-state index in [1.807, 2.05) is 0 Å². The van der Waals surface area contributed by atoms with Crippen LogP contribution in [0.15, 0.2) is 36.7 Å². The molecule has 0 atom stereocenters. The molecule has 0 amide bonds. The Morgan fingerprint density at radius 3 is 1.14 bits per heavy atom. The fourth-order valence-electron chi connectivity index (χ4n) is 1.79. The Balaban J connectivity index is -0.000000102. The van der Waals surface area contributed by atoms with Gasteiger partial charge in [0.2, 0.25) is 0 Å². The molecule has 0 spiro atoms. The number of hydrogen-bond donors (Lipinski definition) is 0. The summed E-state index contributed by atoms with van der Waals surface area (Å²) in [5, 5.41) is 48.1. The number of carboxylic acid groups (broad SMARTS) is 2. The van der Waals surface area contributed by atoms with Crippen LogP contribution in [0.3, 0.4) is 0 Å². The van der Waals surface area contributed by atoms with Crippen LogP contribution < -0.4 is 20.4 Å². The van der Waals surface area contributed by atoms with Crippen molar-refractivity contribution >= 4 is 11.9 Å². The second-order valence-electron chi connectivity index (χ2n) is 4.84. The molecular formula is C14H24N10O10Zn2+6. The molecule has 22 heteroatoms. The third kappa shape index (κ3) is 12.2. The van der Waals surface area contributed by atoms with Crippen molar-refractivity contribution in [3.05, 3.63) is 47.8 Å². The van der Waals surface area contributed by atoms with E-state index in [0.717, 1.165) is 0 Å². The Labute approximate surface area is 225 Å². The summed E-state index contributed by atoms with van der Waals surface area (Å²) in [7, 11) is 0. The maximum Gasteiger partial charge on any atom is 2.00 e. The fourth-order valence-corrected chi connectivity index (χ4v) is 1.79. The smallest absolute Gasteiger partial charge is 0.545 e. The van der Waals surface area contributed by atoms with Gasteiger partial charge in [-0.15, -0.1) is 0 Å². The summed E-state index contributed by atoms with van der Waals surface area (Å²) in [5.74, 6) is -2.03. The summed E-state index contributed by atoms with van der Waals surface area (Å²) in [6.07, 6.45) is 2.34. The van der Waals surface area contributed by atoms with Crippen LogP contribution in [-0.2, 0) is 71.8 Å². The molecule has 0 aliphatic rings. The van der Waals surface area contributed by atoms with Crippen LogP contribution >= 0.6 is 0 Å². The Morgan fingerprint density at radius 1 is 0.611 bits per heavy atom. The molecule has 18 N–H and O–H groups in total. The van der Waals surface area contributed by atoms with E-state index in [4.69, 9.17) is 0 Å². The molecule has 0 radical (unpaired) electrons. The zero-order valence-electron chi connectivity index (χ0n) is 18.4. The molecule has 0 bridgehead atoms. The predicted molar refractivity (Wildman–Crippen MR) is 111 cm³/mol. The standard InChI is InChI=1S/2C7H5N5O2.6H2O.2Zn/c2*13-7(14)4-1-2-5(8-3-4)6-9-11-12-10-6;;;;;;;;/h2*1-3H,(H2,8,9,10,11,12,13,14);6*1H2;;/q;;;;;;;;2*+2/p+2. The Bertz CT molecular complexity index is 983. The van der Waals surface area contributed by atoms with Crippen molar-refractivity contribution in [3.8, 4) is 23.0 Å². The summed E-state index contributed by atoms with van der Waals surface area (Å²) in [6.45, 7) is 0. The number of aromatic nitrogens is 10. The fraction of sp³-hybridized carbons (Fsp3) is 0. The molecule has 36 heavy (non-hydrogen) atoms. The Morgan fingerprint density at radius 2 is 0.944 bits per heavy atom. The topological polar surface area (TPSA) is 410 Å². The second-order valence-corrected chi connectivity index (χ2v) is 4.84. The van der Waals surface area contributed by atoms with Crippen LogP contribution in [0, 0.1) is 0 Å². The zero-order valence-corrected chi connectivity index (χ0v) is 24.4. The molecule has 0 fully saturated rings. The van der Waals surface area contributed by atoms with Crippen LogP contribution in [0.25, 0.3) is 23.0 Å². The monoisotopic (exact) mass is 620 g/mol. The van der Waals surface area contributed by atoms with Gasteiger partial charge in [0.1, 0.15) is 0 Å². The van der Waals surface area contributed by atoms with Crippen LogP contribution in [-0.4, -0.2) is 53.0 Å².